The molecule has 0 amide bonds. The lowest BCUT2D eigenvalue weighted by Gasteiger charge is -2.07. The number of hydrogen-bond donors (Lipinski definition) is 1. The summed E-state index contributed by atoms with van der Waals surface area (Å²) in [6.07, 6.45) is 1.34. The molecule has 1 aliphatic rings. The molecule has 1 fully saturated rings. The van der Waals surface area contributed by atoms with Crippen molar-refractivity contribution in [3.8, 4) is 0 Å². The van der Waals surface area contributed by atoms with E-state index < -0.39 is 0 Å². The van der Waals surface area contributed by atoms with Gasteiger partial charge in [0.25, 0.3) is 0 Å². The Balaban J connectivity index is 1.71. The van der Waals surface area contributed by atoms with Crippen molar-refractivity contribution in [2.75, 3.05) is 18.8 Å². The van der Waals surface area contributed by atoms with E-state index in [0.29, 0.717) is 0 Å². The number of hydrogen-bond acceptors (Lipinski definition) is 2. The normalized spacial score (nSPS) is 20.7. The quantitative estimate of drug-likeness (QED) is 0.869. The second-order valence-electron chi connectivity index (χ2n) is 4.00. The predicted octanol–water partition coefficient (Wildman–Crippen LogP) is 3.18. The molecule has 82 valence electrons. The molecular formula is C12H16ClNS. The molecule has 1 atom stereocenters. The lowest BCUT2D eigenvalue weighted by Crippen LogP contribution is -2.10. The Bertz CT molecular complexity index is 293. The third-order valence-corrected chi connectivity index (χ3v) is 4.19. The van der Waals surface area contributed by atoms with Crippen molar-refractivity contribution in [1.82, 2.24) is 5.32 Å². The molecule has 1 aliphatic heterocycles. The Morgan fingerprint density at radius 3 is 2.80 bits per heavy atom. The molecule has 1 saturated heterocycles. The van der Waals surface area contributed by atoms with Crippen molar-refractivity contribution in [1.29, 1.82) is 0 Å². The standard InChI is InChI=1S/C12H16ClNS/c13-12-3-1-10(2-4-12)8-15-9-11-5-6-14-7-11/h1-4,11,14H,5-9H2. The highest BCUT2D eigenvalue weighted by molar-refractivity contribution is 7.98. The van der Waals surface area contributed by atoms with E-state index in [4.69, 9.17) is 11.6 Å². The summed E-state index contributed by atoms with van der Waals surface area (Å²) >= 11 is 7.86. The Morgan fingerprint density at radius 2 is 2.13 bits per heavy atom. The van der Waals surface area contributed by atoms with Crippen molar-refractivity contribution < 1.29 is 0 Å². The van der Waals surface area contributed by atoms with Gasteiger partial charge in [-0.1, -0.05) is 23.7 Å². The average molecular weight is 242 g/mol. The van der Waals surface area contributed by atoms with Gasteiger partial charge in [-0.25, -0.2) is 0 Å². The maximum Gasteiger partial charge on any atom is 0.0406 e. The number of nitrogens with one attached hydrogen (secondary N) is 1. The molecule has 0 bridgehead atoms. The van der Waals surface area contributed by atoms with Gasteiger partial charge < -0.3 is 5.32 Å². The Labute approximate surface area is 101 Å². The van der Waals surface area contributed by atoms with Crippen LogP contribution in [0.1, 0.15) is 12.0 Å². The minimum absolute atomic E-state index is 0.823. The molecule has 0 aromatic heterocycles. The third kappa shape index (κ3) is 3.71. The highest BCUT2D eigenvalue weighted by Crippen LogP contribution is 2.20. The van der Waals surface area contributed by atoms with Crippen LogP contribution in [0.3, 0.4) is 0 Å². The molecule has 1 aromatic carbocycles. The first kappa shape index (κ1) is 11.3. The maximum atomic E-state index is 5.83. The van der Waals surface area contributed by atoms with Crippen LogP contribution in [0.25, 0.3) is 0 Å². The molecule has 1 N–H and O–H groups in total. The summed E-state index contributed by atoms with van der Waals surface area (Å²) in [4.78, 5) is 0. The first-order valence-electron chi connectivity index (χ1n) is 5.37. The zero-order valence-corrected chi connectivity index (χ0v) is 10.3. The van der Waals surface area contributed by atoms with Gasteiger partial charge >= 0.3 is 0 Å². The van der Waals surface area contributed by atoms with E-state index in [1.54, 1.807) is 0 Å². The summed E-state index contributed by atoms with van der Waals surface area (Å²) in [5.41, 5.74) is 1.37. The molecule has 0 radical (unpaired) electrons. The van der Waals surface area contributed by atoms with Crippen LogP contribution in [0.15, 0.2) is 24.3 Å². The van der Waals surface area contributed by atoms with E-state index >= 15 is 0 Å². The molecular weight excluding hydrogens is 226 g/mol. The second kappa shape index (κ2) is 5.78. The van der Waals surface area contributed by atoms with Gasteiger partial charge in [0.1, 0.15) is 0 Å². The smallest absolute Gasteiger partial charge is 0.0406 e. The van der Waals surface area contributed by atoms with Crippen molar-refractivity contribution in [3.05, 3.63) is 34.9 Å². The molecule has 1 heterocycles. The predicted molar refractivity (Wildman–Crippen MR) is 68.6 cm³/mol. The molecule has 0 saturated carbocycles. The highest BCUT2D eigenvalue weighted by atomic mass is 35.5. The van der Waals surface area contributed by atoms with Crippen molar-refractivity contribution in [2.45, 2.75) is 12.2 Å². The fourth-order valence-electron chi connectivity index (χ4n) is 1.78. The van der Waals surface area contributed by atoms with Gasteiger partial charge in [0, 0.05) is 10.8 Å². The van der Waals surface area contributed by atoms with Gasteiger partial charge in [-0.15, -0.1) is 0 Å². The van der Waals surface area contributed by atoms with E-state index in [2.05, 4.69) is 17.4 Å². The van der Waals surface area contributed by atoms with E-state index in [9.17, 15) is 0 Å². The third-order valence-electron chi connectivity index (χ3n) is 2.70. The van der Waals surface area contributed by atoms with Crippen LogP contribution >= 0.6 is 23.4 Å². The molecule has 1 nitrogen and oxygen atoms in total. The van der Waals surface area contributed by atoms with Crippen LogP contribution in [0.2, 0.25) is 5.02 Å². The molecule has 0 spiro atoms. The fraction of sp³-hybridized carbons (Fsp3) is 0.500. The van der Waals surface area contributed by atoms with Gasteiger partial charge in [-0.2, -0.15) is 11.8 Å². The Morgan fingerprint density at radius 1 is 1.33 bits per heavy atom. The summed E-state index contributed by atoms with van der Waals surface area (Å²) < 4.78 is 0. The van der Waals surface area contributed by atoms with E-state index in [0.717, 1.165) is 16.7 Å². The van der Waals surface area contributed by atoms with E-state index in [1.165, 1.54) is 30.8 Å². The minimum Gasteiger partial charge on any atom is -0.316 e. The first-order chi connectivity index (χ1) is 7.34. The minimum atomic E-state index is 0.823. The largest absolute Gasteiger partial charge is 0.316 e. The van der Waals surface area contributed by atoms with Gasteiger partial charge in [-0.05, 0) is 48.9 Å². The monoisotopic (exact) mass is 241 g/mol. The molecule has 2 rings (SSSR count). The molecule has 15 heavy (non-hydrogen) atoms. The summed E-state index contributed by atoms with van der Waals surface area (Å²) in [6, 6.07) is 8.16. The van der Waals surface area contributed by atoms with Gasteiger partial charge in [0.2, 0.25) is 0 Å². The van der Waals surface area contributed by atoms with Crippen molar-refractivity contribution >= 4 is 23.4 Å². The number of benzene rings is 1. The second-order valence-corrected chi connectivity index (χ2v) is 5.47. The van der Waals surface area contributed by atoms with Gasteiger partial charge in [0.15, 0.2) is 0 Å². The highest BCUT2D eigenvalue weighted by Gasteiger charge is 2.13. The van der Waals surface area contributed by atoms with Crippen LogP contribution in [-0.2, 0) is 5.75 Å². The van der Waals surface area contributed by atoms with Gasteiger partial charge in [0.05, 0.1) is 0 Å². The maximum absolute atomic E-state index is 5.83. The van der Waals surface area contributed by atoms with Gasteiger partial charge in [-0.3, -0.25) is 0 Å². The molecule has 1 aromatic rings. The van der Waals surface area contributed by atoms with E-state index in [-0.39, 0.29) is 0 Å². The summed E-state index contributed by atoms with van der Waals surface area (Å²) in [6.45, 7) is 2.40. The SMILES string of the molecule is Clc1ccc(CSCC2CCNC2)cc1. The van der Waals surface area contributed by atoms with Crippen LogP contribution in [0.5, 0.6) is 0 Å². The van der Waals surface area contributed by atoms with Crippen LogP contribution in [0, 0.1) is 5.92 Å². The number of thioether (sulfide) groups is 1. The van der Waals surface area contributed by atoms with Crippen LogP contribution in [0.4, 0.5) is 0 Å². The van der Waals surface area contributed by atoms with Crippen molar-refractivity contribution in [3.63, 3.8) is 0 Å². The Kier molecular flexibility index (Phi) is 4.36. The lowest BCUT2D eigenvalue weighted by atomic mass is 10.2. The topological polar surface area (TPSA) is 12.0 Å². The number of rotatable bonds is 4. The first-order valence-corrected chi connectivity index (χ1v) is 6.91. The Hall–Kier alpha value is -0.180. The molecule has 0 aliphatic carbocycles. The summed E-state index contributed by atoms with van der Waals surface area (Å²) in [5.74, 6) is 3.26. The summed E-state index contributed by atoms with van der Waals surface area (Å²) in [7, 11) is 0. The average Bonchev–Trinajstić information content (AvgIpc) is 2.74. The fourth-order valence-corrected chi connectivity index (χ4v) is 3.07. The zero-order chi connectivity index (χ0) is 10.5. The van der Waals surface area contributed by atoms with E-state index in [1.807, 2.05) is 23.9 Å². The van der Waals surface area contributed by atoms with Crippen molar-refractivity contribution in [2.24, 2.45) is 5.92 Å². The molecule has 3 heteroatoms. The molecule has 1 unspecified atom stereocenters. The zero-order valence-electron chi connectivity index (χ0n) is 8.71. The summed E-state index contributed by atoms with van der Waals surface area (Å²) in [5, 5.41) is 4.22. The number of halogens is 1. The van der Waals surface area contributed by atoms with Crippen LogP contribution in [-0.4, -0.2) is 18.8 Å². The van der Waals surface area contributed by atoms with Crippen LogP contribution < -0.4 is 5.32 Å². The lowest BCUT2D eigenvalue weighted by molar-refractivity contribution is 0.662.